The number of carboxylic acid groups (broad SMARTS) is 1. The first-order valence-electron chi connectivity index (χ1n) is 6.63. The van der Waals surface area contributed by atoms with Crippen LogP contribution in [0.5, 0.6) is 0 Å². The summed E-state index contributed by atoms with van der Waals surface area (Å²) in [7, 11) is 0. The van der Waals surface area contributed by atoms with E-state index in [1.54, 1.807) is 6.07 Å². The van der Waals surface area contributed by atoms with Crippen molar-refractivity contribution in [2.75, 3.05) is 5.32 Å². The molecule has 2 unspecified atom stereocenters. The molecule has 1 aromatic carbocycles. The van der Waals surface area contributed by atoms with Crippen LogP contribution < -0.4 is 5.32 Å². The Labute approximate surface area is 128 Å². The second-order valence-electron chi connectivity index (χ2n) is 5.24. The standard InChI is InChI=1S/C14H15BrF3NO2/c15-12-5-4-10(7-11(12)14(16,17)18)19-9-3-1-2-8(6-9)13(20)21/h4-5,7-9,19H,1-3,6H2,(H,20,21). The summed E-state index contributed by atoms with van der Waals surface area (Å²) in [5.41, 5.74) is -0.375. The highest BCUT2D eigenvalue weighted by Crippen LogP contribution is 2.37. The maximum Gasteiger partial charge on any atom is 0.417 e. The number of benzene rings is 1. The Morgan fingerprint density at radius 2 is 2.05 bits per heavy atom. The van der Waals surface area contributed by atoms with E-state index >= 15 is 0 Å². The van der Waals surface area contributed by atoms with Gasteiger partial charge in [0, 0.05) is 16.2 Å². The second kappa shape index (κ2) is 6.25. The van der Waals surface area contributed by atoms with Gasteiger partial charge in [0.25, 0.3) is 0 Å². The van der Waals surface area contributed by atoms with E-state index in [4.69, 9.17) is 5.11 Å². The van der Waals surface area contributed by atoms with Gasteiger partial charge >= 0.3 is 12.1 Å². The van der Waals surface area contributed by atoms with Crippen LogP contribution in [0.25, 0.3) is 0 Å². The number of alkyl halides is 3. The Hall–Kier alpha value is -1.24. The Balaban J connectivity index is 2.11. The summed E-state index contributed by atoms with van der Waals surface area (Å²) >= 11 is 2.89. The number of carbonyl (C=O) groups is 1. The van der Waals surface area contributed by atoms with Crippen LogP contribution in [-0.4, -0.2) is 17.1 Å². The molecule has 0 bridgehead atoms. The fourth-order valence-corrected chi connectivity index (χ4v) is 3.08. The van der Waals surface area contributed by atoms with Crippen LogP contribution in [-0.2, 0) is 11.0 Å². The van der Waals surface area contributed by atoms with Crippen LogP contribution in [0.3, 0.4) is 0 Å². The first kappa shape index (κ1) is 16.1. The van der Waals surface area contributed by atoms with Gasteiger partial charge in [-0.2, -0.15) is 13.2 Å². The summed E-state index contributed by atoms with van der Waals surface area (Å²) in [6, 6.07) is 3.85. The molecule has 1 aliphatic rings. The van der Waals surface area contributed by atoms with Crippen molar-refractivity contribution in [3.8, 4) is 0 Å². The van der Waals surface area contributed by atoms with Crippen LogP contribution >= 0.6 is 15.9 Å². The third kappa shape index (κ3) is 4.12. The van der Waals surface area contributed by atoms with E-state index in [-0.39, 0.29) is 10.5 Å². The molecule has 2 N–H and O–H groups in total. The van der Waals surface area contributed by atoms with E-state index in [9.17, 15) is 18.0 Å². The lowest BCUT2D eigenvalue weighted by molar-refractivity contribution is -0.143. The number of anilines is 1. The predicted octanol–water partition coefficient (Wildman–Crippen LogP) is 4.52. The predicted molar refractivity (Wildman–Crippen MR) is 76.1 cm³/mol. The molecule has 2 atom stereocenters. The number of carboxylic acids is 1. The molecular formula is C14H15BrF3NO2. The summed E-state index contributed by atoms with van der Waals surface area (Å²) in [6.45, 7) is 0. The maximum atomic E-state index is 12.8. The smallest absolute Gasteiger partial charge is 0.417 e. The fraction of sp³-hybridized carbons (Fsp3) is 0.500. The highest BCUT2D eigenvalue weighted by molar-refractivity contribution is 9.10. The lowest BCUT2D eigenvalue weighted by Gasteiger charge is -2.28. The first-order chi connectivity index (χ1) is 9.77. The minimum absolute atomic E-state index is 0.00685. The molecular weight excluding hydrogens is 351 g/mol. The van der Waals surface area contributed by atoms with Gasteiger partial charge in [-0.3, -0.25) is 4.79 Å². The molecule has 1 aliphatic carbocycles. The molecule has 2 rings (SSSR count). The summed E-state index contributed by atoms with van der Waals surface area (Å²) in [5, 5.41) is 12.0. The van der Waals surface area contributed by atoms with Gasteiger partial charge < -0.3 is 10.4 Å². The van der Waals surface area contributed by atoms with Crippen molar-refractivity contribution in [3.63, 3.8) is 0 Å². The van der Waals surface area contributed by atoms with Crippen molar-refractivity contribution in [1.29, 1.82) is 0 Å². The van der Waals surface area contributed by atoms with Crippen molar-refractivity contribution < 1.29 is 23.1 Å². The van der Waals surface area contributed by atoms with E-state index < -0.39 is 23.6 Å². The minimum Gasteiger partial charge on any atom is -0.481 e. The lowest BCUT2D eigenvalue weighted by Crippen LogP contribution is -2.31. The van der Waals surface area contributed by atoms with Gasteiger partial charge in [-0.25, -0.2) is 0 Å². The normalized spacial score (nSPS) is 22.9. The van der Waals surface area contributed by atoms with Crippen molar-refractivity contribution >= 4 is 27.6 Å². The van der Waals surface area contributed by atoms with Gasteiger partial charge in [-0.05, 0) is 37.5 Å². The number of rotatable bonds is 3. The van der Waals surface area contributed by atoms with Crippen molar-refractivity contribution in [2.45, 2.75) is 37.9 Å². The third-order valence-electron chi connectivity index (χ3n) is 3.67. The highest BCUT2D eigenvalue weighted by Gasteiger charge is 2.33. The zero-order valence-corrected chi connectivity index (χ0v) is 12.7. The van der Waals surface area contributed by atoms with Crippen molar-refractivity contribution in [2.24, 2.45) is 5.92 Å². The van der Waals surface area contributed by atoms with Crippen LogP contribution in [0, 0.1) is 5.92 Å². The molecule has 1 aromatic rings. The number of nitrogens with one attached hydrogen (secondary N) is 1. The lowest BCUT2D eigenvalue weighted by atomic mass is 9.85. The zero-order valence-electron chi connectivity index (χ0n) is 11.1. The van der Waals surface area contributed by atoms with E-state index in [1.807, 2.05) is 0 Å². The molecule has 7 heteroatoms. The molecule has 0 aromatic heterocycles. The Kier molecular flexibility index (Phi) is 4.81. The van der Waals surface area contributed by atoms with Crippen molar-refractivity contribution in [1.82, 2.24) is 0 Å². The van der Waals surface area contributed by atoms with Gasteiger partial charge in [-0.1, -0.05) is 22.4 Å². The number of aliphatic carboxylic acids is 1. The largest absolute Gasteiger partial charge is 0.481 e. The summed E-state index contributed by atoms with van der Waals surface area (Å²) in [5.74, 6) is -1.26. The molecule has 21 heavy (non-hydrogen) atoms. The summed E-state index contributed by atoms with van der Waals surface area (Å²) in [4.78, 5) is 11.0. The fourth-order valence-electron chi connectivity index (χ4n) is 2.61. The first-order valence-corrected chi connectivity index (χ1v) is 7.43. The number of halogens is 4. The monoisotopic (exact) mass is 365 g/mol. The molecule has 1 saturated carbocycles. The SMILES string of the molecule is O=C(O)C1CCCC(Nc2ccc(Br)c(C(F)(F)F)c2)C1. The van der Waals surface area contributed by atoms with E-state index in [1.165, 1.54) is 6.07 Å². The van der Waals surface area contributed by atoms with Gasteiger partial charge in [0.15, 0.2) is 0 Å². The molecule has 0 spiro atoms. The third-order valence-corrected chi connectivity index (χ3v) is 4.36. The van der Waals surface area contributed by atoms with Gasteiger partial charge in [0.05, 0.1) is 11.5 Å². The molecule has 0 heterocycles. The molecule has 0 aliphatic heterocycles. The highest BCUT2D eigenvalue weighted by atomic mass is 79.9. The maximum absolute atomic E-state index is 12.8. The molecule has 0 amide bonds. The second-order valence-corrected chi connectivity index (χ2v) is 6.09. The Morgan fingerprint density at radius 3 is 2.67 bits per heavy atom. The molecule has 3 nitrogen and oxygen atoms in total. The molecule has 1 fully saturated rings. The average Bonchev–Trinajstić information content (AvgIpc) is 2.40. The van der Waals surface area contributed by atoms with Crippen LogP contribution in [0.15, 0.2) is 22.7 Å². The van der Waals surface area contributed by atoms with Crippen LogP contribution in [0.1, 0.15) is 31.2 Å². The molecule has 0 saturated heterocycles. The van der Waals surface area contributed by atoms with Gasteiger partial charge in [-0.15, -0.1) is 0 Å². The van der Waals surface area contributed by atoms with Crippen molar-refractivity contribution in [3.05, 3.63) is 28.2 Å². The molecule has 116 valence electrons. The average molecular weight is 366 g/mol. The zero-order chi connectivity index (χ0) is 15.6. The van der Waals surface area contributed by atoms with E-state index in [0.29, 0.717) is 18.5 Å². The summed E-state index contributed by atoms with van der Waals surface area (Å²) < 4.78 is 38.5. The van der Waals surface area contributed by atoms with E-state index in [2.05, 4.69) is 21.2 Å². The number of hydrogen-bond donors (Lipinski definition) is 2. The Bertz CT molecular complexity index is 533. The quantitative estimate of drug-likeness (QED) is 0.827. The Morgan fingerprint density at radius 1 is 1.33 bits per heavy atom. The topological polar surface area (TPSA) is 49.3 Å². The number of hydrogen-bond acceptors (Lipinski definition) is 2. The summed E-state index contributed by atoms with van der Waals surface area (Å²) in [6.07, 6.45) is -1.83. The van der Waals surface area contributed by atoms with Crippen LogP contribution in [0.4, 0.5) is 18.9 Å². The van der Waals surface area contributed by atoms with Gasteiger partial charge in [0.2, 0.25) is 0 Å². The van der Waals surface area contributed by atoms with Crippen LogP contribution in [0.2, 0.25) is 0 Å². The minimum atomic E-state index is -4.42. The van der Waals surface area contributed by atoms with E-state index in [0.717, 1.165) is 18.9 Å². The molecule has 0 radical (unpaired) electrons. The van der Waals surface area contributed by atoms with Gasteiger partial charge in [0.1, 0.15) is 0 Å².